The molecular formula is C33H38N4O5S. The summed E-state index contributed by atoms with van der Waals surface area (Å²) in [7, 11) is -1.15. The molecule has 226 valence electrons. The molecule has 0 spiro atoms. The summed E-state index contributed by atoms with van der Waals surface area (Å²) in [6, 6.07) is 22.2. The Morgan fingerprint density at radius 1 is 0.930 bits per heavy atom. The van der Waals surface area contributed by atoms with Gasteiger partial charge >= 0.3 is 0 Å². The van der Waals surface area contributed by atoms with E-state index in [-0.39, 0.29) is 17.2 Å². The molecule has 9 nitrogen and oxygen atoms in total. The number of ether oxygens (including phenoxy) is 2. The molecule has 0 bridgehead atoms. The molecule has 4 aromatic rings. The Morgan fingerprint density at radius 3 is 2.33 bits per heavy atom. The van der Waals surface area contributed by atoms with Crippen LogP contribution in [0.5, 0.6) is 11.5 Å². The number of carbonyl (C=O) groups is 1. The maximum atomic E-state index is 13.7. The predicted molar refractivity (Wildman–Crippen MR) is 169 cm³/mol. The molecule has 0 saturated heterocycles. The summed E-state index contributed by atoms with van der Waals surface area (Å²) in [6.07, 6.45) is 2.01. The highest BCUT2D eigenvalue weighted by Crippen LogP contribution is 2.31. The minimum atomic E-state index is -4.07. The van der Waals surface area contributed by atoms with Gasteiger partial charge in [0.15, 0.2) is 11.5 Å². The average Bonchev–Trinajstić information content (AvgIpc) is 3.27. The number of aromatic nitrogens is 1. The van der Waals surface area contributed by atoms with Crippen molar-refractivity contribution in [2.45, 2.75) is 39.0 Å². The standard InChI is InChI=1S/C33H38N4O5S/c1-23-12-14-30(24(2)18-23)37-25(3)19-28(26(37)4)21-34-35-33(38)22-36(17-16-27-10-8-7-9-11-27)43(39,40)29-13-15-31(41-5)32(20-29)42-6/h7-15,18-21H,16-17,22H2,1-6H3,(H,35,38)/b34-21+. The van der Waals surface area contributed by atoms with Gasteiger partial charge in [0.05, 0.1) is 31.9 Å². The average molecular weight is 603 g/mol. The number of nitrogens with one attached hydrogen (secondary N) is 1. The third-order valence-electron chi connectivity index (χ3n) is 7.26. The van der Waals surface area contributed by atoms with Crippen LogP contribution in [0.2, 0.25) is 0 Å². The minimum Gasteiger partial charge on any atom is -0.493 e. The van der Waals surface area contributed by atoms with Gasteiger partial charge < -0.3 is 14.0 Å². The molecular weight excluding hydrogens is 564 g/mol. The maximum absolute atomic E-state index is 13.7. The number of benzene rings is 3. The largest absolute Gasteiger partial charge is 0.493 e. The predicted octanol–water partition coefficient (Wildman–Crippen LogP) is 5.11. The number of rotatable bonds is 12. The van der Waals surface area contributed by atoms with Crippen LogP contribution in [-0.2, 0) is 21.2 Å². The van der Waals surface area contributed by atoms with Gasteiger partial charge in [-0.1, -0.05) is 48.0 Å². The molecule has 1 N–H and O–H groups in total. The second-order valence-electron chi connectivity index (χ2n) is 10.3. The number of methoxy groups -OCH3 is 2. The van der Waals surface area contributed by atoms with E-state index in [0.29, 0.717) is 12.2 Å². The molecule has 0 saturated carbocycles. The van der Waals surface area contributed by atoms with Crippen LogP contribution in [0, 0.1) is 27.7 Å². The van der Waals surface area contributed by atoms with Gasteiger partial charge in [0.2, 0.25) is 10.0 Å². The third-order valence-corrected chi connectivity index (χ3v) is 9.10. The van der Waals surface area contributed by atoms with E-state index in [1.807, 2.05) is 50.2 Å². The molecule has 0 unspecified atom stereocenters. The Hall–Kier alpha value is -4.41. The van der Waals surface area contributed by atoms with Crippen molar-refractivity contribution in [1.82, 2.24) is 14.3 Å². The zero-order valence-corrected chi connectivity index (χ0v) is 26.2. The van der Waals surface area contributed by atoms with E-state index in [1.54, 1.807) is 6.21 Å². The monoisotopic (exact) mass is 602 g/mol. The molecule has 43 heavy (non-hydrogen) atoms. The minimum absolute atomic E-state index is 0.00616. The van der Waals surface area contributed by atoms with Crippen LogP contribution in [0.3, 0.4) is 0 Å². The summed E-state index contributed by atoms with van der Waals surface area (Å²) in [6.45, 7) is 7.84. The first-order valence-electron chi connectivity index (χ1n) is 13.9. The SMILES string of the molecule is COc1ccc(S(=O)(=O)N(CCc2ccccc2)CC(=O)N/N=C/c2cc(C)n(-c3ccc(C)cc3C)c2C)cc1OC. The summed E-state index contributed by atoms with van der Waals surface area (Å²) >= 11 is 0. The molecule has 0 atom stereocenters. The van der Waals surface area contributed by atoms with Gasteiger partial charge in [0.1, 0.15) is 0 Å². The van der Waals surface area contributed by atoms with Crippen LogP contribution in [-0.4, -0.2) is 56.7 Å². The molecule has 0 aliphatic rings. The Kier molecular flexibility index (Phi) is 10.1. The fraction of sp³-hybridized carbons (Fsp3) is 0.273. The van der Waals surface area contributed by atoms with E-state index >= 15 is 0 Å². The zero-order chi connectivity index (χ0) is 31.1. The Balaban J connectivity index is 1.53. The number of hydrogen-bond acceptors (Lipinski definition) is 6. The van der Waals surface area contributed by atoms with Crippen molar-refractivity contribution >= 4 is 22.1 Å². The lowest BCUT2D eigenvalue weighted by Gasteiger charge is -2.22. The first-order valence-corrected chi connectivity index (χ1v) is 15.3. The van der Waals surface area contributed by atoms with E-state index in [9.17, 15) is 13.2 Å². The quantitative estimate of drug-likeness (QED) is 0.179. The molecule has 4 rings (SSSR count). The lowest BCUT2D eigenvalue weighted by molar-refractivity contribution is -0.121. The number of hydrogen-bond donors (Lipinski definition) is 1. The van der Waals surface area contributed by atoms with Gasteiger partial charge in [-0.3, -0.25) is 4.79 Å². The first-order chi connectivity index (χ1) is 20.5. The van der Waals surface area contributed by atoms with Gasteiger partial charge in [0, 0.05) is 35.2 Å². The molecule has 1 aromatic heterocycles. The van der Waals surface area contributed by atoms with E-state index < -0.39 is 22.5 Å². The summed E-state index contributed by atoms with van der Waals surface area (Å²) in [5, 5.41) is 4.17. The van der Waals surface area contributed by atoms with Crippen molar-refractivity contribution in [2.75, 3.05) is 27.3 Å². The first kappa shape index (κ1) is 31.5. The van der Waals surface area contributed by atoms with Crippen LogP contribution < -0.4 is 14.9 Å². The Morgan fingerprint density at radius 2 is 1.65 bits per heavy atom. The molecule has 3 aromatic carbocycles. The highest BCUT2D eigenvalue weighted by molar-refractivity contribution is 7.89. The Bertz CT molecular complexity index is 1730. The molecule has 1 heterocycles. The highest BCUT2D eigenvalue weighted by atomic mass is 32.2. The van der Waals surface area contributed by atoms with E-state index in [1.165, 1.54) is 38.0 Å². The van der Waals surface area contributed by atoms with Crippen LogP contribution in [0.1, 0.15) is 33.6 Å². The maximum Gasteiger partial charge on any atom is 0.255 e. The fourth-order valence-electron chi connectivity index (χ4n) is 5.02. The lowest BCUT2D eigenvalue weighted by atomic mass is 10.1. The van der Waals surface area contributed by atoms with Crippen molar-refractivity contribution < 1.29 is 22.7 Å². The van der Waals surface area contributed by atoms with Crippen LogP contribution in [0.25, 0.3) is 5.69 Å². The van der Waals surface area contributed by atoms with Crippen molar-refractivity contribution in [2.24, 2.45) is 5.10 Å². The van der Waals surface area contributed by atoms with E-state index in [4.69, 9.17) is 9.47 Å². The van der Waals surface area contributed by atoms with Gasteiger partial charge in [-0.2, -0.15) is 9.41 Å². The number of carbonyl (C=O) groups excluding carboxylic acids is 1. The highest BCUT2D eigenvalue weighted by Gasteiger charge is 2.28. The summed E-state index contributed by atoms with van der Waals surface area (Å²) in [5.41, 5.74) is 9.75. The lowest BCUT2D eigenvalue weighted by Crippen LogP contribution is -2.40. The molecule has 0 radical (unpaired) electrons. The van der Waals surface area contributed by atoms with Gasteiger partial charge in [-0.25, -0.2) is 13.8 Å². The van der Waals surface area contributed by atoms with E-state index in [2.05, 4.69) is 47.1 Å². The summed E-state index contributed by atoms with van der Waals surface area (Å²) in [5.74, 6) is 0.122. The number of nitrogens with zero attached hydrogens (tertiary/aromatic N) is 3. The Labute approximate surface area is 253 Å². The summed E-state index contributed by atoms with van der Waals surface area (Å²) < 4.78 is 41.3. The molecule has 10 heteroatoms. The number of amides is 1. The smallest absolute Gasteiger partial charge is 0.255 e. The van der Waals surface area contributed by atoms with Crippen molar-refractivity contribution in [3.63, 3.8) is 0 Å². The van der Waals surface area contributed by atoms with Gasteiger partial charge in [-0.05, 0) is 69.5 Å². The third kappa shape index (κ3) is 7.33. The van der Waals surface area contributed by atoms with Crippen molar-refractivity contribution in [1.29, 1.82) is 0 Å². The molecule has 0 aliphatic carbocycles. The molecule has 1 amide bonds. The second-order valence-corrected chi connectivity index (χ2v) is 12.3. The van der Waals surface area contributed by atoms with E-state index in [0.717, 1.165) is 38.1 Å². The summed E-state index contributed by atoms with van der Waals surface area (Å²) in [4.78, 5) is 13.0. The van der Waals surface area contributed by atoms with Gasteiger partial charge in [0.25, 0.3) is 5.91 Å². The van der Waals surface area contributed by atoms with Crippen molar-refractivity contribution in [3.05, 3.63) is 106 Å². The molecule has 0 fully saturated rings. The number of sulfonamides is 1. The fourth-order valence-corrected chi connectivity index (χ4v) is 6.44. The van der Waals surface area contributed by atoms with Crippen LogP contribution in [0.15, 0.2) is 82.8 Å². The number of aryl methyl sites for hydroxylation is 3. The van der Waals surface area contributed by atoms with Gasteiger partial charge in [-0.15, -0.1) is 0 Å². The van der Waals surface area contributed by atoms with Crippen LogP contribution >= 0.6 is 0 Å². The zero-order valence-electron chi connectivity index (χ0n) is 25.4. The van der Waals surface area contributed by atoms with Crippen molar-refractivity contribution in [3.8, 4) is 17.2 Å². The number of hydrazone groups is 1. The topological polar surface area (TPSA) is 102 Å². The van der Waals surface area contributed by atoms with Crippen LogP contribution in [0.4, 0.5) is 0 Å². The second kappa shape index (κ2) is 13.7. The molecule has 0 aliphatic heterocycles. The normalized spacial score (nSPS) is 11.7.